The van der Waals surface area contributed by atoms with Crippen molar-refractivity contribution in [3.05, 3.63) is 85.1 Å². The number of allylic oxidation sites excluding steroid dienone is 14. The number of carbonyl (C=O) groups is 3. The van der Waals surface area contributed by atoms with Gasteiger partial charge in [-0.25, -0.2) is 4.79 Å². The minimum Gasteiger partial charge on any atom is -0.477 e. The van der Waals surface area contributed by atoms with Crippen molar-refractivity contribution in [1.29, 1.82) is 0 Å². The van der Waals surface area contributed by atoms with Crippen molar-refractivity contribution in [2.75, 3.05) is 47.5 Å². The molecule has 85 heavy (non-hydrogen) atoms. The van der Waals surface area contributed by atoms with Gasteiger partial charge in [-0.15, -0.1) is 0 Å². The number of hydrogen-bond acceptors (Lipinski definition) is 7. The molecule has 0 spiro atoms. The number of esters is 2. The first-order valence-corrected chi connectivity index (χ1v) is 35.8. The molecule has 2 atom stereocenters. The number of rotatable bonds is 66. The van der Waals surface area contributed by atoms with Gasteiger partial charge in [0, 0.05) is 12.8 Å². The Balaban J connectivity index is 4.10. The van der Waals surface area contributed by atoms with Gasteiger partial charge in [-0.2, -0.15) is 0 Å². The summed E-state index contributed by atoms with van der Waals surface area (Å²) in [5.41, 5.74) is 0. The Labute approximate surface area is 525 Å². The van der Waals surface area contributed by atoms with E-state index in [1.807, 2.05) is 21.1 Å². The average Bonchev–Trinajstić information content (AvgIpc) is 3.49. The minimum absolute atomic E-state index is 0.182. The van der Waals surface area contributed by atoms with Crippen molar-refractivity contribution in [3.8, 4) is 0 Å². The van der Waals surface area contributed by atoms with E-state index >= 15 is 0 Å². The van der Waals surface area contributed by atoms with E-state index in [-0.39, 0.29) is 32.2 Å². The Morgan fingerprint density at radius 1 is 0.365 bits per heavy atom. The lowest BCUT2D eigenvalue weighted by molar-refractivity contribution is -0.870. The zero-order chi connectivity index (χ0) is 61.9. The van der Waals surface area contributed by atoms with Gasteiger partial charge in [0.25, 0.3) is 6.29 Å². The quantitative estimate of drug-likeness (QED) is 0.0211. The number of hydrogen-bond donors (Lipinski definition) is 1. The van der Waals surface area contributed by atoms with Crippen LogP contribution < -0.4 is 0 Å². The van der Waals surface area contributed by atoms with Gasteiger partial charge in [0.2, 0.25) is 0 Å². The maximum atomic E-state index is 13.0. The highest BCUT2D eigenvalue weighted by Crippen LogP contribution is 2.18. The van der Waals surface area contributed by atoms with Gasteiger partial charge in [0.15, 0.2) is 6.10 Å². The summed E-state index contributed by atoms with van der Waals surface area (Å²) in [7, 11) is 5.98. The second-order valence-corrected chi connectivity index (χ2v) is 25.2. The molecule has 0 saturated heterocycles. The van der Waals surface area contributed by atoms with Crippen molar-refractivity contribution in [3.63, 3.8) is 0 Å². The van der Waals surface area contributed by atoms with Gasteiger partial charge in [-0.05, 0) is 89.9 Å². The first-order chi connectivity index (χ1) is 41.6. The van der Waals surface area contributed by atoms with Crippen molar-refractivity contribution in [2.24, 2.45) is 0 Å². The summed E-state index contributed by atoms with van der Waals surface area (Å²) >= 11 is 0. The van der Waals surface area contributed by atoms with Crippen LogP contribution in [0.25, 0.3) is 0 Å². The highest BCUT2D eigenvalue weighted by molar-refractivity contribution is 5.71. The van der Waals surface area contributed by atoms with E-state index in [0.29, 0.717) is 17.4 Å². The van der Waals surface area contributed by atoms with Crippen molar-refractivity contribution in [1.82, 2.24) is 0 Å². The SMILES string of the molecule is CC/C=C\C/C=C\C/C=C\C/C=C\C/C=C\C/C=C\CCCCCCCCCCCCCCCCC(=O)OC(COC(=O)CCCCCCCCCCCCCCCCC/C=C\CCCCCCCCCC)COC(OCC[N+](C)(C)C)C(=O)O. The zero-order valence-electron chi connectivity index (χ0n) is 56.3. The molecule has 0 saturated carbocycles. The van der Waals surface area contributed by atoms with Crippen LogP contribution in [0.4, 0.5) is 0 Å². The Bertz CT molecular complexity index is 1670. The largest absolute Gasteiger partial charge is 0.477 e. The van der Waals surface area contributed by atoms with Crippen LogP contribution in [-0.2, 0) is 33.3 Å². The smallest absolute Gasteiger partial charge is 0.361 e. The van der Waals surface area contributed by atoms with Crippen LogP contribution in [-0.4, -0.2) is 87.4 Å². The summed E-state index contributed by atoms with van der Waals surface area (Å²) in [4.78, 5) is 37.6. The summed E-state index contributed by atoms with van der Waals surface area (Å²) in [6.07, 6.45) is 87.0. The minimum atomic E-state index is -1.51. The molecule has 0 aliphatic rings. The molecule has 0 radical (unpaired) electrons. The second-order valence-electron chi connectivity index (χ2n) is 25.2. The van der Waals surface area contributed by atoms with Crippen LogP contribution in [0.5, 0.6) is 0 Å². The summed E-state index contributed by atoms with van der Waals surface area (Å²) in [5.74, 6) is -1.99. The Morgan fingerprint density at radius 3 is 1.01 bits per heavy atom. The molecule has 0 rings (SSSR count). The lowest BCUT2D eigenvalue weighted by Crippen LogP contribution is -2.40. The molecule has 0 aromatic rings. The van der Waals surface area contributed by atoms with Crippen LogP contribution in [0.1, 0.15) is 322 Å². The van der Waals surface area contributed by atoms with E-state index in [2.05, 4.69) is 98.9 Å². The third-order valence-corrected chi connectivity index (χ3v) is 15.6. The molecule has 0 aliphatic carbocycles. The molecule has 492 valence electrons. The Hall–Kier alpha value is -3.53. The lowest BCUT2D eigenvalue weighted by Gasteiger charge is -2.25. The summed E-state index contributed by atoms with van der Waals surface area (Å²) in [5, 5.41) is 9.75. The predicted octanol–water partition coefficient (Wildman–Crippen LogP) is 22.2. The predicted molar refractivity (Wildman–Crippen MR) is 364 cm³/mol. The molecule has 2 unspecified atom stereocenters. The normalized spacial score (nSPS) is 13.2. The number of carbonyl (C=O) groups excluding carboxylic acids is 2. The van der Waals surface area contributed by atoms with E-state index in [1.165, 1.54) is 218 Å². The van der Waals surface area contributed by atoms with E-state index < -0.39 is 24.3 Å². The molecular formula is C76H136NO8+. The molecule has 1 N–H and O–H groups in total. The van der Waals surface area contributed by atoms with E-state index in [0.717, 1.165) is 77.0 Å². The van der Waals surface area contributed by atoms with Gasteiger partial charge in [0.1, 0.15) is 13.2 Å². The molecule has 9 heteroatoms. The standard InChI is InChI=1S/C76H135NO8/c1-6-8-10-12-14-16-18-20-22-24-26-28-30-32-34-35-36-37-38-39-41-43-45-47-49-51-53-55-57-59-61-63-65-67-74(79)85-72(71-84-76(75(80)81)82-69-68-77(3,4)5)70-83-73(78)66-64-62-60-58-56-54-52-50-48-46-44-42-40-33-31-29-27-25-23-21-19-17-15-13-11-9-7-2/h8,10,14,16,20,22,25-28,32,34,36-37,72,76H,6-7,9,11-13,15,17-19,21,23-24,29-31,33,35,38-71H2,1-5H3/p+1/b10-8-,16-14-,22-20-,27-25-,28-26-,34-32-,37-36-. The number of carboxylic acids is 1. The highest BCUT2D eigenvalue weighted by Gasteiger charge is 2.25. The third kappa shape index (κ3) is 67.8. The monoisotopic (exact) mass is 1190 g/mol. The molecule has 0 amide bonds. The fourth-order valence-electron chi connectivity index (χ4n) is 10.2. The number of carboxylic acid groups (broad SMARTS) is 1. The van der Waals surface area contributed by atoms with Gasteiger partial charge in [-0.3, -0.25) is 9.59 Å². The summed E-state index contributed by atoms with van der Waals surface area (Å²) < 4.78 is 23.0. The number of likely N-dealkylation sites (N-methyl/N-ethyl adjacent to an activating group) is 1. The maximum Gasteiger partial charge on any atom is 0.361 e. The van der Waals surface area contributed by atoms with Crippen LogP contribution in [0.3, 0.4) is 0 Å². The topological polar surface area (TPSA) is 108 Å². The molecule has 0 aromatic heterocycles. The summed E-state index contributed by atoms with van der Waals surface area (Å²) in [6.45, 7) is 4.80. The first-order valence-electron chi connectivity index (χ1n) is 35.8. The molecule has 0 aliphatic heterocycles. The van der Waals surface area contributed by atoms with Gasteiger partial charge in [-0.1, -0.05) is 304 Å². The second kappa shape index (κ2) is 66.4. The van der Waals surface area contributed by atoms with Gasteiger partial charge in [0.05, 0.1) is 34.4 Å². The Morgan fingerprint density at radius 2 is 0.671 bits per heavy atom. The van der Waals surface area contributed by atoms with Crippen LogP contribution >= 0.6 is 0 Å². The van der Waals surface area contributed by atoms with Gasteiger partial charge < -0.3 is 28.5 Å². The van der Waals surface area contributed by atoms with Crippen LogP contribution in [0, 0.1) is 0 Å². The number of unbranched alkanes of at least 4 members (excludes halogenated alkanes) is 37. The van der Waals surface area contributed by atoms with E-state index in [4.69, 9.17) is 18.9 Å². The molecule has 0 aromatic carbocycles. The molecule has 9 nitrogen and oxygen atoms in total. The van der Waals surface area contributed by atoms with Crippen LogP contribution in [0.2, 0.25) is 0 Å². The molecule has 0 bridgehead atoms. The van der Waals surface area contributed by atoms with E-state index in [9.17, 15) is 19.5 Å². The lowest BCUT2D eigenvalue weighted by atomic mass is 10.0. The number of quaternary nitrogens is 1. The molecular weight excluding hydrogens is 1050 g/mol. The fraction of sp³-hybridized carbons (Fsp3) is 0.776. The summed E-state index contributed by atoms with van der Waals surface area (Å²) in [6, 6.07) is 0. The number of nitrogens with zero attached hydrogens (tertiary/aromatic N) is 1. The van der Waals surface area contributed by atoms with Crippen molar-refractivity contribution in [2.45, 2.75) is 334 Å². The average molecular weight is 1190 g/mol. The number of aliphatic carboxylic acids is 1. The highest BCUT2D eigenvalue weighted by atomic mass is 16.7. The van der Waals surface area contributed by atoms with E-state index in [1.54, 1.807) is 0 Å². The zero-order valence-corrected chi connectivity index (χ0v) is 56.3. The van der Waals surface area contributed by atoms with Crippen molar-refractivity contribution >= 4 is 17.9 Å². The maximum absolute atomic E-state index is 13.0. The van der Waals surface area contributed by atoms with Crippen LogP contribution in [0.15, 0.2) is 85.1 Å². The van der Waals surface area contributed by atoms with Gasteiger partial charge >= 0.3 is 17.9 Å². The number of ether oxygens (including phenoxy) is 4. The third-order valence-electron chi connectivity index (χ3n) is 15.6. The fourth-order valence-corrected chi connectivity index (χ4v) is 10.2. The first kappa shape index (κ1) is 81.5. The Kier molecular flexibility index (Phi) is 63.7. The van der Waals surface area contributed by atoms with Crippen molar-refractivity contribution < 1.29 is 42.9 Å². The molecule has 0 heterocycles. The molecule has 0 fully saturated rings.